The standard InChI is InChI=1S/C20H16ClFN2O4S/c1-28-14-7-9-15(10-8-14)29(26,27)24-19-5-3-2-4-18(19)23-20(25)16-11-6-13(22)12-17(16)21/h2-12,24H,1H3,(H,23,25). The van der Waals surface area contributed by atoms with Gasteiger partial charge in [-0.05, 0) is 54.6 Å². The van der Waals surface area contributed by atoms with Gasteiger partial charge in [-0.3, -0.25) is 9.52 Å². The monoisotopic (exact) mass is 434 g/mol. The van der Waals surface area contributed by atoms with Crippen LogP contribution in [0, 0.1) is 5.82 Å². The molecule has 0 unspecified atom stereocenters. The number of halogens is 2. The van der Waals surface area contributed by atoms with Crippen molar-refractivity contribution in [2.24, 2.45) is 0 Å². The fourth-order valence-corrected chi connectivity index (χ4v) is 3.84. The molecule has 6 nitrogen and oxygen atoms in total. The van der Waals surface area contributed by atoms with Crippen LogP contribution in [0.25, 0.3) is 0 Å². The second-order valence-corrected chi connectivity index (χ2v) is 7.99. The van der Waals surface area contributed by atoms with Crippen LogP contribution in [-0.4, -0.2) is 21.4 Å². The highest BCUT2D eigenvalue weighted by molar-refractivity contribution is 7.92. The van der Waals surface area contributed by atoms with Crippen molar-refractivity contribution in [1.82, 2.24) is 0 Å². The third kappa shape index (κ3) is 4.85. The van der Waals surface area contributed by atoms with Gasteiger partial charge in [0.25, 0.3) is 15.9 Å². The average molecular weight is 435 g/mol. The van der Waals surface area contributed by atoms with Gasteiger partial charge in [-0.15, -0.1) is 0 Å². The van der Waals surface area contributed by atoms with Gasteiger partial charge in [0.2, 0.25) is 0 Å². The molecule has 0 atom stereocenters. The van der Waals surface area contributed by atoms with Gasteiger partial charge in [0.1, 0.15) is 11.6 Å². The zero-order valence-corrected chi connectivity index (χ0v) is 16.7. The summed E-state index contributed by atoms with van der Waals surface area (Å²) in [5.74, 6) is -0.655. The van der Waals surface area contributed by atoms with E-state index in [1.165, 1.54) is 49.6 Å². The smallest absolute Gasteiger partial charge is 0.261 e. The molecular formula is C20H16ClFN2O4S. The highest BCUT2D eigenvalue weighted by atomic mass is 35.5. The van der Waals surface area contributed by atoms with E-state index in [0.717, 1.165) is 12.1 Å². The van der Waals surface area contributed by atoms with Crippen molar-refractivity contribution in [3.8, 4) is 5.75 Å². The van der Waals surface area contributed by atoms with Gasteiger partial charge < -0.3 is 10.1 Å². The first-order valence-electron chi connectivity index (χ1n) is 8.32. The van der Waals surface area contributed by atoms with Crippen molar-refractivity contribution in [3.05, 3.63) is 83.1 Å². The number of nitrogens with one attached hydrogen (secondary N) is 2. The quantitative estimate of drug-likeness (QED) is 0.596. The van der Waals surface area contributed by atoms with Gasteiger partial charge in [-0.25, -0.2) is 12.8 Å². The maximum Gasteiger partial charge on any atom is 0.261 e. The largest absolute Gasteiger partial charge is 0.497 e. The molecule has 3 rings (SSSR count). The van der Waals surface area contributed by atoms with E-state index in [2.05, 4.69) is 10.0 Å². The summed E-state index contributed by atoms with van der Waals surface area (Å²) in [6.07, 6.45) is 0. The summed E-state index contributed by atoms with van der Waals surface area (Å²) in [4.78, 5) is 12.5. The van der Waals surface area contributed by atoms with Gasteiger partial charge in [-0.2, -0.15) is 0 Å². The SMILES string of the molecule is COc1ccc(S(=O)(=O)Nc2ccccc2NC(=O)c2ccc(F)cc2Cl)cc1. The van der Waals surface area contributed by atoms with Crippen molar-refractivity contribution < 1.29 is 22.3 Å². The molecular weight excluding hydrogens is 419 g/mol. The molecule has 0 heterocycles. The van der Waals surface area contributed by atoms with Gasteiger partial charge in [0.05, 0.1) is 34.0 Å². The zero-order valence-electron chi connectivity index (χ0n) is 15.1. The van der Waals surface area contributed by atoms with E-state index in [9.17, 15) is 17.6 Å². The van der Waals surface area contributed by atoms with Gasteiger partial charge in [-0.1, -0.05) is 23.7 Å². The maximum absolute atomic E-state index is 13.2. The van der Waals surface area contributed by atoms with Crippen LogP contribution in [0.5, 0.6) is 5.75 Å². The van der Waals surface area contributed by atoms with Crippen LogP contribution < -0.4 is 14.8 Å². The molecule has 2 N–H and O–H groups in total. The molecule has 0 saturated heterocycles. The Kier molecular flexibility index (Phi) is 6.05. The van der Waals surface area contributed by atoms with E-state index < -0.39 is 21.7 Å². The topological polar surface area (TPSA) is 84.5 Å². The van der Waals surface area contributed by atoms with Crippen LogP contribution >= 0.6 is 11.6 Å². The summed E-state index contributed by atoms with van der Waals surface area (Å²) in [5, 5.41) is 2.53. The second kappa shape index (κ2) is 8.50. The van der Waals surface area contributed by atoms with Crippen molar-refractivity contribution in [2.45, 2.75) is 4.90 Å². The Hall–Kier alpha value is -3.10. The number of rotatable bonds is 6. The van der Waals surface area contributed by atoms with Crippen LogP contribution in [0.3, 0.4) is 0 Å². The van der Waals surface area contributed by atoms with Crippen LogP contribution in [0.4, 0.5) is 15.8 Å². The van der Waals surface area contributed by atoms with Crippen molar-refractivity contribution in [1.29, 1.82) is 0 Å². The number of sulfonamides is 1. The fraction of sp³-hybridized carbons (Fsp3) is 0.0500. The van der Waals surface area contributed by atoms with Crippen molar-refractivity contribution >= 4 is 38.9 Å². The third-order valence-corrected chi connectivity index (χ3v) is 5.66. The molecule has 9 heteroatoms. The minimum atomic E-state index is -3.91. The summed E-state index contributed by atoms with van der Waals surface area (Å²) in [6.45, 7) is 0. The Morgan fingerprint density at radius 1 is 1.00 bits per heavy atom. The Morgan fingerprint density at radius 3 is 2.28 bits per heavy atom. The minimum absolute atomic E-state index is 0.0287. The number of carbonyl (C=O) groups excluding carboxylic acids is 1. The van der Waals surface area contributed by atoms with E-state index >= 15 is 0 Å². The normalized spacial score (nSPS) is 11.0. The molecule has 0 spiro atoms. The zero-order chi connectivity index (χ0) is 21.0. The number of carbonyl (C=O) groups is 1. The number of benzene rings is 3. The Morgan fingerprint density at radius 2 is 1.66 bits per heavy atom. The first-order chi connectivity index (χ1) is 13.8. The Balaban J connectivity index is 1.85. The second-order valence-electron chi connectivity index (χ2n) is 5.90. The van der Waals surface area contributed by atoms with Gasteiger partial charge in [0, 0.05) is 0 Å². The lowest BCUT2D eigenvalue weighted by Gasteiger charge is -2.14. The first kappa shape index (κ1) is 20.6. The summed E-state index contributed by atoms with van der Waals surface area (Å²) >= 11 is 5.92. The van der Waals surface area contributed by atoms with E-state index in [-0.39, 0.29) is 26.9 Å². The van der Waals surface area contributed by atoms with E-state index in [4.69, 9.17) is 16.3 Å². The van der Waals surface area contributed by atoms with Gasteiger partial charge in [0.15, 0.2) is 0 Å². The maximum atomic E-state index is 13.2. The molecule has 0 saturated carbocycles. The number of hydrogen-bond acceptors (Lipinski definition) is 4. The minimum Gasteiger partial charge on any atom is -0.497 e. The summed E-state index contributed by atoms with van der Waals surface area (Å²) < 4.78 is 46.0. The lowest BCUT2D eigenvalue weighted by atomic mass is 10.2. The Labute approximate surface area is 172 Å². The highest BCUT2D eigenvalue weighted by Gasteiger charge is 2.18. The molecule has 3 aromatic carbocycles. The molecule has 29 heavy (non-hydrogen) atoms. The third-order valence-electron chi connectivity index (χ3n) is 3.97. The molecule has 0 bridgehead atoms. The average Bonchev–Trinajstić information content (AvgIpc) is 2.69. The number of ether oxygens (including phenoxy) is 1. The van der Waals surface area contributed by atoms with Gasteiger partial charge >= 0.3 is 0 Å². The van der Waals surface area contributed by atoms with E-state index in [1.807, 2.05) is 0 Å². The fourth-order valence-electron chi connectivity index (χ4n) is 2.50. The molecule has 0 aliphatic carbocycles. The highest BCUT2D eigenvalue weighted by Crippen LogP contribution is 2.27. The number of amides is 1. The summed E-state index contributed by atoms with van der Waals surface area (Å²) in [5.41, 5.74) is 0.436. The first-order valence-corrected chi connectivity index (χ1v) is 10.2. The molecule has 0 aliphatic rings. The summed E-state index contributed by atoms with van der Waals surface area (Å²) in [6, 6.07) is 15.5. The molecule has 0 fully saturated rings. The van der Waals surface area contributed by atoms with Crippen molar-refractivity contribution in [3.63, 3.8) is 0 Å². The van der Waals surface area contributed by atoms with Crippen LogP contribution in [0.15, 0.2) is 71.6 Å². The van der Waals surface area contributed by atoms with E-state index in [0.29, 0.717) is 5.75 Å². The summed E-state index contributed by atoms with van der Waals surface area (Å²) in [7, 11) is -2.43. The van der Waals surface area contributed by atoms with Crippen LogP contribution in [0.1, 0.15) is 10.4 Å². The molecule has 3 aromatic rings. The molecule has 0 radical (unpaired) electrons. The lowest BCUT2D eigenvalue weighted by Crippen LogP contribution is -2.17. The molecule has 0 aromatic heterocycles. The number of para-hydroxylation sites is 2. The number of hydrogen-bond donors (Lipinski definition) is 2. The van der Waals surface area contributed by atoms with Crippen LogP contribution in [0.2, 0.25) is 5.02 Å². The number of anilines is 2. The predicted octanol–water partition coefficient (Wildman–Crippen LogP) is 4.54. The Bertz CT molecular complexity index is 1150. The van der Waals surface area contributed by atoms with E-state index in [1.54, 1.807) is 12.1 Å². The molecule has 150 valence electrons. The lowest BCUT2D eigenvalue weighted by molar-refractivity contribution is 0.102. The molecule has 1 amide bonds. The molecule has 0 aliphatic heterocycles. The predicted molar refractivity (Wildman–Crippen MR) is 110 cm³/mol. The number of methoxy groups -OCH3 is 1. The van der Waals surface area contributed by atoms with Crippen LogP contribution in [-0.2, 0) is 10.0 Å². The van der Waals surface area contributed by atoms with Crippen molar-refractivity contribution in [2.75, 3.05) is 17.1 Å².